The van der Waals surface area contributed by atoms with E-state index in [1.807, 2.05) is 0 Å². The predicted octanol–water partition coefficient (Wildman–Crippen LogP) is 2.01. The Morgan fingerprint density at radius 1 is 0.933 bits per heavy atom. The van der Waals surface area contributed by atoms with Gasteiger partial charge in [-0.25, -0.2) is 0 Å². The summed E-state index contributed by atoms with van der Waals surface area (Å²) in [6.45, 7) is 0. The summed E-state index contributed by atoms with van der Waals surface area (Å²) < 4.78 is 4.95. The van der Waals surface area contributed by atoms with Crippen molar-refractivity contribution in [1.82, 2.24) is 0 Å². The van der Waals surface area contributed by atoms with Gasteiger partial charge in [0.15, 0.2) is 0 Å². The van der Waals surface area contributed by atoms with E-state index >= 15 is 0 Å². The van der Waals surface area contributed by atoms with Crippen molar-refractivity contribution in [3.05, 3.63) is 24.7 Å². The molecule has 0 aromatic carbocycles. The molecule has 0 rings (SSSR count). The predicted molar refractivity (Wildman–Crippen MR) is 62.1 cm³/mol. The highest BCUT2D eigenvalue weighted by molar-refractivity contribution is 6.18. The smallest absolute Gasteiger partial charge is 0.0862 e. The van der Waals surface area contributed by atoms with Gasteiger partial charge in [-0.05, 0) is 25.0 Å². The van der Waals surface area contributed by atoms with E-state index in [1.165, 1.54) is 12.5 Å². The van der Waals surface area contributed by atoms with Crippen LogP contribution in [-0.4, -0.2) is 34.2 Å². The van der Waals surface area contributed by atoms with Crippen LogP contribution in [0.5, 0.6) is 0 Å². The minimum atomic E-state index is -0.534. The van der Waals surface area contributed by atoms with Gasteiger partial charge in [0.2, 0.25) is 0 Å². The molecule has 3 nitrogen and oxygen atoms in total. The summed E-state index contributed by atoms with van der Waals surface area (Å²) in [4.78, 5) is 0. The summed E-state index contributed by atoms with van der Waals surface area (Å²) in [6, 6.07) is 0. The fraction of sp³-hybridized carbons (Fsp3) is 0.600. The lowest BCUT2D eigenvalue weighted by atomic mass is 10.3. The zero-order chi connectivity index (χ0) is 11.5. The van der Waals surface area contributed by atoms with E-state index in [2.05, 4.69) is 0 Å². The van der Waals surface area contributed by atoms with Gasteiger partial charge < -0.3 is 14.9 Å². The number of aliphatic hydroxyl groups excluding tert-OH is 2. The minimum Gasteiger partial charge on any atom is -0.473 e. The highest BCUT2D eigenvalue weighted by Gasteiger charge is 1.97. The molecule has 0 heterocycles. The standard InChI is InChI=1S/C10H16Cl2O3/c11-7-9(13)3-1-5-15-6-2-4-10(14)8-12/h1-2,5-6,9-10,13-14H,3-4,7-8H2. The molecule has 15 heavy (non-hydrogen) atoms. The molecule has 88 valence electrons. The molecule has 0 aromatic heterocycles. The van der Waals surface area contributed by atoms with E-state index in [0.29, 0.717) is 12.8 Å². The zero-order valence-electron chi connectivity index (χ0n) is 8.35. The lowest BCUT2D eigenvalue weighted by molar-refractivity contribution is 0.200. The molecule has 0 aliphatic carbocycles. The van der Waals surface area contributed by atoms with E-state index < -0.39 is 12.2 Å². The average molecular weight is 255 g/mol. The van der Waals surface area contributed by atoms with Gasteiger partial charge in [-0.2, -0.15) is 0 Å². The molecule has 0 saturated carbocycles. The molecule has 0 aliphatic heterocycles. The van der Waals surface area contributed by atoms with Crippen LogP contribution >= 0.6 is 23.2 Å². The van der Waals surface area contributed by atoms with Crippen LogP contribution in [0.2, 0.25) is 0 Å². The first-order valence-electron chi connectivity index (χ1n) is 4.64. The fourth-order valence-corrected chi connectivity index (χ4v) is 0.960. The Bertz CT molecular complexity index is 175. The van der Waals surface area contributed by atoms with E-state index in [0.717, 1.165) is 0 Å². The largest absolute Gasteiger partial charge is 0.473 e. The first-order valence-corrected chi connectivity index (χ1v) is 5.71. The van der Waals surface area contributed by atoms with Gasteiger partial charge in [-0.15, -0.1) is 23.2 Å². The summed E-state index contributed by atoms with van der Waals surface area (Å²) in [5.41, 5.74) is 0. The quantitative estimate of drug-likeness (QED) is 0.515. The molecule has 2 N–H and O–H groups in total. The van der Waals surface area contributed by atoms with E-state index in [4.69, 9.17) is 38.2 Å². The SMILES string of the molecule is OC(CCl)CC=COC=CCC(O)CCl. The third kappa shape index (κ3) is 10.1. The van der Waals surface area contributed by atoms with Crippen LogP contribution in [-0.2, 0) is 4.74 Å². The molecule has 0 aliphatic rings. The number of halogens is 2. The first kappa shape index (κ1) is 14.8. The lowest BCUT2D eigenvalue weighted by Gasteiger charge is -2.01. The number of ether oxygens (including phenoxy) is 1. The maximum absolute atomic E-state index is 9.06. The van der Waals surface area contributed by atoms with Crippen LogP contribution in [0.25, 0.3) is 0 Å². The van der Waals surface area contributed by atoms with Gasteiger partial charge in [-0.3, -0.25) is 0 Å². The van der Waals surface area contributed by atoms with E-state index in [9.17, 15) is 0 Å². The van der Waals surface area contributed by atoms with Crippen LogP contribution in [0, 0.1) is 0 Å². The topological polar surface area (TPSA) is 49.7 Å². The summed E-state index contributed by atoms with van der Waals surface area (Å²) in [6.07, 6.45) is 6.12. The van der Waals surface area contributed by atoms with Crippen LogP contribution in [0.3, 0.4) is 0 Å². The molecule has 0 aromatic rings. The second-order valence-corrected chi connectivity index (χ2v) is 3.58. The number of alkyl halides is 2. The van der Waals surface area contributed by atoms with Crippen molar-refractivity contribution in [3.8, 4) is 0 Å². The van der Waals surface area contributed by atoms with Gasteiger partial charge in [0.25, 0.3) is 0 Å². The van der Waals surface area contributed by atoms with Crippen molar-refractivity contribution in [2.75, 3.05) is 11.8 Å². The Kier molecular flexibility index (Phi) is 10.2. The summed E-state index contributed by atoms with van der Waals surface area (Å²) in [5, 5.41) is 18.1. The Morgan fingerprint density at radius 3 is 1.67 bits per heavy atom. The fourth-order valence-electron chi connectivity index (χ4n) is 0.708. The maximum Gasteiger partial charge on any atom is 0.0862 e. The molecule has 0 saturated heterocycles. The first-order chi connectivity index (χ1) is 7.20. The van der Waals surface area contributed by atoms with Crippen molar-refractivity contribution in [2.24, 2.45) is 0 Å². The number of hydrogen-bond donors (Lipinski definition) is 2. The van der Waals surface area contributed by atoms with Crippen LogP contribution in [0.15, 0.2) is 24.7 Å². The summed E-state index contributed by atoms with van der Waals surface area (Å²) in [7, 11) is 0. The molecule has 2 unspecified atom stereocenters. The molecule has 0 spiro atoms. The Hall–Kier alpha value is -0.220. The van der Waals surface area contributed by atoms with Crippen molar-refractivity contribution in [2.45, 2.75) is 25.0 Å². The number of hydrogen-bond acceptors (Lipinski definition) is 3. The summed E-state index contributed by atoms with van der Waals surface area (Å²) in [5.74, 6) is 0.421. The summed E-state index contributed by atoms with van der Waals surface area (Å²) >= 11 is 10.8. The lowest BCUT2D eigenvalue weighted by Crippen LogP contribution is -2.05. The van der Waals surface area contributed by atoms with Crippen molar-refractivity contribution in [1.29, 1.82) is 0 Å². The Labute approximate surface area is 100.0 Å². The van der Waals surface area contributed by atoms with E-state index in [-0.39, 0.29) is 11.8 Å². The highest BCUT2D eigenvalue weighted by atomic mass is 35.5. The monoisotopic (exact) mass is 254 g/mol. The molecule has 2 atom stereocenters. The maximum atomic E-state index is 9.06. The van der Waals surface area contributed by atoms with Gasteiger partial charge in [0, 0.05) is 11.8 Å². The van der Waals surface area contributed by atoms with Crippen LogP contribution in [0.1, 0.15) is 12.8 Å². The van der Waals surface area contributed by atoms with Crippen LogP contribution < -0.4 is 0 Å². The van der Waals surface area contributed by atoms with Gasteiger partial charge >= 0.3 is 0 Å². The number of aliphatic hydroxyl groups is 2. The van der Waals surface area contributed by atoms with Gasteiger partial charge in [0.05, 0.1) is 24.7 Å². The van der Waals surface area contributed by atoms with E-state index in [1.54, 1.807) is 12.2 Å². The molecule has 0 amide bonds. The zero-order valence-corrected chi connectivity index (χ0v) is 9.86. The van der Waals surface area contributed by atoms with Crippen molar-refractivity contribution < 1.29 is 14.9 Å². The Morgan fingerprint density at radius 2 is 1.33 bits per heavy atom. The highest BCUT2D eigenvalue weighted by Crippen LogP contribution is 1.98. The van der Waals surface area contributed by atoms with Crippen molar-refractivity contribution >= 4 is 23.2 Å². The third-order valence-electron chi connectivity index (χ3n) is 1.52. The normalized spacial score (nSPS) is 16.0. The molecule has 0 radical (unpaired) electrons. The molecular formula is C10H16Cl2O3. The van der Waals surface area contributed by atoms with Gasteiger partial charge in [0.1, 0.15) is 0 Å². The Balaban J connectivity index is 3.44. The average Bonchev–Trinajstić information content (AvgIpc) is 2.26. The van der Waals surface area contributed by atoms with Crippen molar-refractivity contribution in [3.63, 3.8) is 0 Å². The molecule has 5 heteroatoms. The second-order valence-electron chi connectivity index (χ2n) is 2.97. The third-order valence-corrected chi connectivity index (χ3v) is 2.23. The van der Waals surface area contributed by atoms with Crippen LogP contribution in [0.4, 0.5) is 0 Å². The second kappa shape index (κ2) is 10.3. The molecular weight excluding hydrogens is 239 g/mol. The molecule has 0 bridgehead atoms. The minimum absolute atomic E-state index is 0.210. The number of rotatable bonds is 8. The molecule has 0 fully saturated rings. The van der Waals surface area contributed by atoms with Gasteiger partial charge in [-0.1, -0.05) is 0 Å².